The summed E-state index contributed by atoms with van der Waals surface area (Å²) in [4.78, 5) is 2.46. The lowest BCUT2D eigenvalue weighted by atomic mass is 9.87. The summed E-state index contributed by atoms with van der Waals surface area (Å²) < 4.78 is 0. The van der Waals surface area contributed by atoms with Crippen LogP contribution in [0.5, 0.6) is 0 Å². The van der Waals surface area contributed by atoms with Crippen LogP contribution in [0.15, 0.2) is 84.6 Å². The number of fused-ring (bicyclic) bond motifs is 1. The maximum Gasteiger partial charge on any atom is 0.0524 e. The van der Waals surface area contributed by atoms with Crippen molar-refractivity contribution in [2.75, 3.05) is 4.90 Å². The Bertz CT molecular complexity index is 1530. The molecule has 0 heterocycles. The number of rotatable bonds is 4. The molecule has 1 aliphatic rings. The molecule has 0 radical (unpaired) electrons. The van der Waals surface area contributed by atoms with Crippen molar-refractivity contribution in [3.63, 3.8) is 0 Å². The van der Waals surface area contributed by atoms with Crippen molar-refractivity contribution in [2.24, 2.45) is 0 Å². The fourth-order valence-corrected chi connectivity index (χ4v) is 5.19. The molecule has 0 saturated carbocycles. The van der Waals surface area contributed by atoms with Crippen LogP contribution in [0.3, 0.4) is 0 Å². The number of benzene rings is 3. The maximum atomic E-state index is 6.10. The summed E-state index contributed by atoms with van der Waals surface area (Å²) in [7, 11) is 0. The van der Waals surface area contributed by atoms with Crippen LogP contribution in [0.4, 0.5) is 5.69 Å². The van der Waals surface area contributed by atoms with Crippen LogP contribution in [-0.4, -0.2) is 6.04 Å². The summed E-state index contributed by atoms with van der Waals surface area (Å²) in [5, 5.41) is 4.64. The van der Waals surface area contributed by atoms with Crippen LogP contribution in [-0.2, 0) is 5.41 Å². The van der Waals surface area contributed by atoms with Gasteiger partial charge >= 0.3 is 0 Å². The topological polar surface area (TPSA) is 3.24 Å². The molecule has 1 atom stereocenters. The molecule has 0 N–H and O–H groups in total. The second-order valence-corrected chi connectivity index (χ2v) is 11.0. The number of nitrogens with zero attached hydrogens (tertiary/aromatic N) is 1. The van der Waals surface area contributed by atoms with Crippen LogP contribution in [0.1, 0.15) is 64.2 Å². The zero-order valence-corrected chi connectivity index (χ0v) is 23.2. The van der Waals surface area contributed by atoms with Gasteiger partial charge in [-0.3, -0.25) is 0 Å². The number of hydrogen-bond donors (Lipinski definition) is 0. The molecule has 1 heteroatoms. The molecule has 0 aliphatic heterocycles. The quantitative estimate of drug-likeness (QED) is 0.342. The van der Waals surface area contributed by atoms with E-state index in [0.29, 0.717) is 0 Å². The normalized spacial score (nSPS) is 17.2. The Morgan fingerprint density at radius 2 is 1.73 bits per heavy atom. The summed E-state index contributed by atoms with van der Waals surface area (Å²) in [5.74, 6) is 3.00. The van der Waals surface area contributed by atoms with Gasteiger partial charge in [-0.1, -0.05) is 99.5 Å². The van der Waals surface area contributed by atoms with Crippen LogP contribution in [0.25, 0.3) is 22.9 Å². The summed E-state index contributed by atoms with van der Waals surface area (Å²) in [6.07, 6.45) is 23.7. The van der Waals surface area contributed by atoms with Gasteiger partial charge in [0.2, 0.25) is 0 Å². The van der Waals surface area contributed by atoms with Crippen LogP contribution >= 0.6 is 0 Å². The molecule has 0 spiro atoms. The van der Waals surface area contributed by atoms with Crippen LogP contribution in [0, 0.1) is 19.3 Å². The molecule has 0 saturated heterocycles. The molecule has 0 fully saturated rings. The van der Waals surface area contributed by atoms with Gasteiger partial charge < -0.3 is 4.90 Å². The molecular formula is C36H39N. The van der Waals surface area contributed by atoms with E-state index in [4.69, 9.17) is 6.42 Å². The van der Waals surface area contributed by atoms with Crippen molar-refractivity contribution in [1.29, 1.82) is 0 Å². The lowest BCUT2D eigenvalue weighted by molar-refractivity contribution is 0.590. The number of anilines is 1. The third-order valence-electron chi connectivity index (χ3n) is 7.36. The third kappa shape index (κ3) is 5.65. The second kappa shape index (κ2) is 11.1. The highest BCUT2D eigenvalue weighted by Crippen LogP contribution is 2.30. The monoisotopic (exact) mass is 485 g/mol. The molecule has 0 bridgehead atoms. The zero-order valence-electron chi connectivity index (χ0n) is 23.2. The van der Waals surface area contributed by atoms with E-state index in [1.54, 1.807) is 0 Å². The van der Waals surface area contributed by atoms with Crippen LogP contribution in [0.2, 0.25) is 0 Å². The molecule has 37 heavy (non-hydrogen) atoms. The van der Waals surface area contributed by atoms with Gasteiger partial charge in [-0.05, 0) is 84.2 Å². The average Bonchev–Trinajstić information content (AvgIpc) is 3.17. The highest BCUT2D eigenvalue weighted by molar-refractivity contribution is 5.92. The van der Waals surface area contributed by atoms with E-state index in [1.165, 1.54) is 33.1 Å². The van der Waals surface area contributed by atoms with Crippen molar-refractivity contribution in [2.45, 2.75) is 65.8 Å². The van der Waals surface area contributed by atoms with Gasteiger partial charge in [0.25, 0.3) is 0 Å². The molecule has 1 unspecified atom stereocenters. The predicted molar refractivity (Wildman–Crippen MR) is 163 cm³/mol. The van der Waals surface area contributed by atoms with Gasteiger partial charge in [-0.25, -0.2) is 0 Å². The van der Waals surface area contributed by atoms with E-state index in [-0.39, 0.29) is 11.5 Å². The minimum atomic E-state index is 0.128. The van der Waals surface area contributed by atoms with Crippen molar-refractivity contribution in [1.82, 2.24) is 0 Å². The van der Waals surface area contributed by atoms with E-state index in [0.717, 1.165) is 29.0 Å². The fourth-order valence-electron chi connectivity index (χ4n) is 5.19. The predicted octanol–water partition coefficient (Wildman–Crippen LogP) is 7.69. The molecule has 188 valence electrons. The Hall–Kier alpha value is -3.76. The Kier molecular flexibility index (Phi) is 7.89. The van der Waals surface area contributed by atoms with Crippen LogP contribution < -0.4 is 15.3 Å². The first kappa shape index (κ1) is 26.3. The molecule has 1 nitrogen and oxygen atoms in total. The summed E-state index contributed by atoms with van der Waals surface area (Å²) in [6.45, 7) is 13.2. The van der Waals surface area contributed by atoms with Crippen molar-refractivity contribution in [3.05, 3.63) is 112 Å². The second-order valence-electron chi connectivity index (χ2n) is 11.0. The Morgan fingerprint density at radius 3 is 2.41 bits per heavy atom. The number of terminal acetylenes is 1. The molecule has 0 aromatic heterocycles. The van der Waals surface area contributed by atoms with Crippen molar-refractivity contribution in [3.8, 4) is 12.3 Å². The number of hydrogen-bond acceptors (Lipinski definition) is 1. The lowest BCUT2D eigenvalue weighted by Crippen LogP contribution is -2.32. The standard InChI is InChI=1S/C36H39N/c1-8-28-18-16-26(3)34-25-20-29(33(9-2)35(28)34)19-17-27(4)37(31-14-12-10-11-13-15-31)32-23-21-30(22-24-32)36(5,6)7/h2,8,10-12,14,16-25,31H,13,15H2,1,3-7H3/b27-17+,28-8-,29-19-. The first-order valence-electron chi connectivity index (χ1n) is 13.3. The molecule has 0 amide bonds. The highest BCUT2D eigenvalue weighted by atomic mass is 15.2. The SMILES string of the molecule is C#Cc1/c(=C\C=C(/C)N(c2ccc(C(C)(C)C)cc2)C2C=CC=CCC2)ccc2c(C)cc/c(=C/C)c12. The Morgan fingerprint density at radius 1 is 1.00 bits per heavy atom. The Labute approximate surface area is 223 Å². The largest absolute Gasteiger partial charge is 0.338 e. The van der Waals surface area contributed by atoms with Gasteiger partial charge in [0, 0.05) is 22.3 Å². The summed E-state index contributed by atoms with van der Waals surface area (Å²) >= 11 is 0. The van der Waals surface area contributed by atoms with E-state index >= 15 is 0 Å². The van der Waals surface area contributed by atoms with E-state index in [1.807, 2.05) is 0 Å². The minimum Gasteiger partial charge on any atom is -0.338 e. The third-order valence-corrected chi connectivity index (χ3v) is 7.36. The Balaban J connectivity index is 1.84. The lowest BCUT2D eigenvalue weighted by Gasteiger charge is -2.33. The van der Waals surface area contributed by atoms with E-state index in [2.05, 4.69) is 143 Å². The first-order chi connectivity index (χ1) is 17.7. The molecule has 3 aromatic carbocycles. The first-order valence-corrected chi connectivity index (χ1v) is 13.3. The molecule has 4 rings (SSSR count). The van der Waals surface area contributed by atoms with Crippen molar-refractivity contribution >= 4 is 28.6 Å². The van der Waals surface area contributed by atoms with E-state index in [9.17, 15) is 0 Å². The highest BCUT2D eigenvalue weighted by Gasteiger charge is 2.20. The zero-order chi connectivity index (χ0) is 26.6. The van der Waals surface area contributed by atoms with Gasteiger partial charge in [-0.15, -0.1) is 6.42 Å². The average molecular weight is 486 g/mol. The number of allylic oxidation sites excluding steroid dienone is 5. The minimum absolute atomic E-state index is 0.128. The maximum absolute atomic E-state index is 6.10. The number of aryl methyl sites for hydroxylation is 1. The fraction of sp³-hybridized carbons (Fsp3) is 0.278. The van der Waals surface area contributed by atoms with Gasteiger partial charge in [0.1, 0.15) is 0 Å². The smallest absolute Gasteiger partial charge is 0.0524 e. The van der Waals surface area contributed by atoms with Gasteiger partial charge in [-0.2, -0.15) is 0 Å². The molecule has 3 aromatic rings. The van der Waals surface area contributed by atoms with Gasteiger partial charge in [0.15, 0.2) is 0 Å². The summed E-state index contributed by atoms with van der Waals surface area (Å²) in [6, 6.07) is 18.0. The van der Waals surface area contributed by atoms with Gasteiger partial charge in [0.05, 0.1) is 6.04 Å². The molecular weight excluding hydrogens is 446 g/mol. The van der Waals surface area contributed by atoms with E-state index < -0.39 is 0 Å². The van der Waals surface area contributed by atoms with Crippen molar-refractivity contribution < 1.29 is 0 Å². The summed E-state index contributed by atoms with van der Waals surface area (Å²) in [5.41, 5.74) is 6.07. The molecule has 1 aliphatic carbocycles.